The Hall–Kier alpha value is -2.61. The molecular weight excluding hydrogens is 457 g/mol. The SMILES string of the molecule is Cc1nc(-c2ccc3c(c2)N(C(C)C(=O)Nc2cc(Cl)ccc2Cl)C(=O)CO3)c(C)s1. The summed E-state index contributed by atoms with van der Waals surface area (Å²) in [6, 6.07) is 9.54. The number of anilines is 2. The molecule has 2 heterocycles. The van der Waals surface area contributed by atoms with Crippen LogP contribution in [0.1, 0.15) is 16.8 Å². The molecule has 2 amide bonds. The molecule has 0 saturated heterocycles. The van der Waals surface area contributed by atoms with Gasteiger partial charge in [0.05, 0.1) is 27.1 Å². The highest BCUT2D eigenvalue weighted by molar-refractivity contribution is 7.11. The van der Waals surface area contributed by atoms with Gasteiger partial charge in [0.15, 0.2) is 6.61 Å². The van der Waals surface area contributed by atoms with Crippen LogP contribution in [0.2, 0.25) is 10.0 Å². The van der Waals surface area contributed by atoms with E-state index in [0.29, 0.717) is 27.2 Å². The molecule has 160 valence electrons. The van der Waals surface area contributed by atoms with Gasteiger partial charge in [0.2, 0.25) is 5.91 Å². The number of carbonyl (C=O) groups is 2. The molecule has 0 saturated carbocycles. The van der Waals surface area contributed by atoms with Crippen LogP contribution < -0.4 is 15.0 Å². The highest BCUT2D eigenvalue weighted by atomic mass is 35.5. The van der Waals surface area contributed by atoms with Crippen molar-refractivity contribution in [3.05, 3.63) is 56.3 Å². The summed E-state index contributed by atoms with van der Waals surface area (Å²) in [5.41, 5.74) is 2.62. The zero-order valence-electron chi connectivity index (χ0n) is 17.0. The smallest absolute Gasteiger partial charge is 0.265 e. The standard InChI is InChI=1S/C22H19Cl2N3O3S/c1-11(22(29)26-17-9-15(23)5-6-16(17)24)27-18-8-14(21-12(2)31-13(3)25-21)4-7-19(18)30-10-20(27)28/h4-9,11H,10H2,1-3H3,(H,26,29). The summed E-state index contributed by atoms with van der Waals surface area (Å²) in [6.45, 7) is 5.47. The van der Waals surface area contributed by atoms with Crippen molar-refractivity contribution in [3.63, 3.8) is 0 Å². The largest absolute Gasteiger partial charge is 0.482 e. The lowest BCUT2D eigenvalue weighted by molar-refractivity contribution is -0.125. The van der Waals surface area contributed by atoms with Crippen molar-refractivity contribution >= 4 is 57.7 Å². The first-order valence-corrected chi connectivity index (χ1v) is 11.1. The molecule has 1 aromatic heterocycles. The van der Waals surface area contributed by atoms with Gasteiger partial charge in [-0.25, -0.2) is 4.98 Å². The van der Waals surface area contributed by atoms with E-state index in [1.54, 1.807) is 42.5 Å². The molecule has 4 rings (SSSR count). The molecule has 1 unspecified atom stereocenters. The maximum Gasteiger partial charge on any atom is 0.265 e. The molecule has 31 heavy (non-hydrogen) atoms. The number of halogens is 2. The third kappa shape index (κ3) is 4.26. The number of nitrogens with zero attached hydrogens (tertiary/aromatic N) is 2. The summed E-state index contributed by atoms with van der Waals surface area (Å²) in [6.07, 6.45) is 0. The van der Waals surface area contributed by atoms with E-state index >= 15 is 0 Å². The van der Waals surface area contributed by atoms with Gasteiger partial charge in [-0.3, -0.25) is 14.5 Å². The van der Waals surface area contributed by atoms with E-state index in [1.165, 1.54) is 4.90 Å². The molecular formula is C22H19Cl2N3O3S. The van der Waals surface area contributed by atoms with Gasteiger partial charge in [-0.05, 0) is 57.2 Å². The van der Waals surface area contributed by atoms with E-state index in [1.807, 2.05) is 26.0 Å². The van der Waals surface area contributed by atoms with Gasteiger partial charge in [0.1, 0.15) is 11.8 Å². The van der Waals surface area contributed by atoms with Crippen LogP contribution in [0.3, 0.4) is 0 Å². The van der Waals surface area contributed by atoms with E-state index in [0.717, 1.165) is 21.1 Å². The molecule has 1 aliphatic heterocycles. The van der Waals surface area contributed by atoms with Crippen molar-refractivity contribution in [2.75, 3.05) is 16.8 Å². The van der Waals surface area contributed by atoms with Crippen molar-refractivity contribution in [1.82, 2.24) is 4.98 Å². The molecule has 9 heteroatoms. The van der Waals surface area contributed by atoms with E-state index in [2.05, 4.69) is 10.3 Å². The number of fused-ring (bicyclic) bond motifs is 1. The molecule has 3 aromatic rings. The molecule has 6 nitrogen and oxygen atoms in total. The van der Waals surface area contributed by atoms with Crippen molar-refractivity contribution < 1.29 is 14.3 Å². The topological polar surface area (TPSA) is 71.5 Å². The summed E-state index contributed by atoms with van der Waals surface area (Å²) < 4.78 is 5.60. The Bertz CT molecular complexity index is 1190. The number of hydrogen-bond acceptors (Lipinski definition) is 5. The van der Waals surface area contributed by atoms with Crippen molar-refractivity contribution in [3.8, 4) is 17.0 Å². The first-order chi connectivity index (χ1) is 14.7. The first-order valence-electron chi connectivity index (χ1n) is 9.54. The van der Waals surface area contributed by atoms with Crippen LogP contribution >= 0.6 is 34.5 Å². The highest BCUT2D eigenvalue weighted by Gasteiger charge is 2.34. The molecule has 1 atom stereocenters. The lowest BCUT2D eigenvalue weighted by Gasteiger charge is -2.33. The van der Waals surface area contributed by atoms with Gasteiger partial charge in [0.25, 0.3) is 5.91 Å². The Labute approximate surface area is 193 Å². The fourth-order valence-corrected chi connectivity index (χ4v) is 4.66. The molecule has 0 radical (unpaired) electrons. The third-order valence-corrected chi connectivity index (χ3v) is 6.42. The molecule has 0 fully saturated rings. The van der Waals surface area contributed by atoms with Gasteiger partial charge < -0.3 is 10.1 Å². The van der Waals surface area contributed by atoms with E-state index in [4.69, 9.17) is 27.9 Å². The quantitative estimate of drug-likeness (QED) is 0.541. The summed E-state index contributed by atoms with van der Waals surface area (Å²) in [7, 11) is 0. The Morgan fingerprint density at radius 1 is 1.23 bits per heavy atom. The Kier molecular flexibility index (Phi) is 5.92. The Balaban J connectivity index is 1.68. The number of nitrogens with one attached hydrogen (secondary N) is 1. The molecule has 1 aliphatic rings. The first kappa shape index (κ1) is 21.6. The van der Waals surface area contributed by atoms with E-state index in [-0.39, 0.29) is 12.5 Å². The van der Waals surface area contributed by atoms with Crippen molar-refractivity contribution in [1.29, 1.82) is 0 Å². The Morgan fingerprint density at radius 2 is 2.00 bits per heavy atom. The minimum absolute atomic E-state index is 0.142. The maximum atomic E-state index is 13.0. The highest BCUT2D eigenvalue weighted by Crippen LogP contribution is 2.38. The lowest BCUT2D eigenvalue weighted by Crippen LogP contribution is -2.49. The van der Waals surface area contributed by atoms with Crippen LogP contribution in [0.25, 0.3) is 11.3 Å². The number of aromatic nitrogens is 1. The van der Waals surface area contributed by atoms with Crippen molar-refractivity contribution in [2.45, 2.75) is 26.8 Å². The van der Waals surface area contributed by atoms with E-state index in [9.17, 15) is 9.59 Å². The number of ether oxygens (including phenoxy) is 1. The number of thiazole rings is 1. The van der Waals surface area contributed by atoms with Gasteiger partial charge in [-0.15, -0.1) is 11.3 Å². The number of aryl methyl sites for hydroxylation is 2. The monoisotopic (exact) mass is 475 g/mol. The predicted molar refractivity (Wildman–Crippen MR) is 125 cm³/mol. The van der Waals surface area contributed by atoms with Gasteiger partial charge in [-0.1, -0.05) is 23.2 Å². The number of carbonyl (C=O) groups excluding carboxylic acids is 2. The summed E-state index contributed by atoms with van der Waals surface area (Å²) in [4.78, 5) is 32.9. The van der Waals surface area contributed by atoms with Crippen LogP contribution in [-0.2, 0) is 9.59 Å². The normalized spacial score (nSPS) is 14.1. The lowest BCUT2D eigenvalue weighted by atomic mass is 10.1. The zero-order valence-corrected chi connectivity index (χ0v) is 19.4. The summed E-state index contributed by atoms with van der Waals surface area (Å²) in [5, 5.41) is 4.52. The molecule has 0 bridgehead atoms. The minimum Gasteiger partial charge on any atom is -0.482 e. The third-order valence-electron chi connectivity index (χ3n) is 4.97. The van der Waals surface area contributed by atoms with Gasteiger partial charge in [-0.2, -0.15) is 0 Å². The van der Waals surface area contributed by atoms with Gasteiger partial charge >= 0.3 is 0 Å². The summed E-state index contributed by atoms with van der Waals surface area (Å²) >= 11 is 13.8. The number of benzene rings is 2. The minimum atomic E-state index is -0.807. The second-order valence-corrected chi connectivity index (χ2v) is 9.41. The molecule has 2 aromatic carbocycles. The zero-order chi connectivity index (χ0) is 22.3. The predicted octanol–water partition coefficient (Wildman–Crippen LogP) is 5.49. The van der Waals surface area contributed by atoms with Gasteiger partial charge in [0, 0.05) is 15.5 Å². The summed E-state index contributed by atoms with van der Waals surface area (Å²) in [5.74, 6) is -0.166. The fourth-order valence-electron chi connectivity index (χ4n) is 3.49. The maximum absolute atomic E-state index is 13.0. The second kappa shape index (κ2) is 8.49. The van der Waals surface area contributed by atoms with Crippen LogP contribution in [-0.4, -0.2) is 29.4 Å². The fraction of sp³-hybridized carbons (Fsp3) is 0.227. The van der Waals surface area contributed by atoms with E-state index < -0.39 is 11.9 Å². The Morgan fingerprint density at radius 3 is 2.71 bits per heavy atom. The van der Waals surface area contributed by atoms with Crippen LogP contribution in [0, 0.1) is 13.8 Å². The number of amides is 2. The van der Waals surface area contributed by atoms with Crippen LogP contribution in [0.15, 0.2) is 36.4 Å². The average Bonchev–Trinajstić information content (AvgIpc) is 3.07. The molecule has 0 aliphatic carbocycles. The van der Waals surface area contributed by atoms with Crippen LogP contribution in [0.5, 0.6) is 5.75 Å². The average molecular weight is 476 g/mol. The molecule has 0 spiro atoms. The second-order valence-electron chi connectivity index (χ2n) is 7.16. The number of rotatable bonds is 4. The number of hydrogen-bond donors (Lipinski definition) is 1. The van der Waals surface area contributed by atoms with Crippen LogP contribution in [0.4, 0.5) is 11.4 Å². The van der Waals surface area contributed by atoms with Crippen molar-refractivity contribution in [2.24, 2.45) is 0 Å². The molecule has 1 N–H and O–H groups in total.